The van der Waals surface area contributed by atoms with Crippen molar-refractivity contribution in [3.05, 3.63) is 36.3 Å². The average molecular weight is 272 g/mol. The maximum atomic E-state index is 12.8. The topological polar surface area (TPSA) is 34.4 Å². The van der Waals surface area contributed by atoms with E-state index in [1.54, 1.807) is 6.20 Å². The zero-order valence-electron chi connectivity index (χ0n) is 10.7. The molecule has 19 heavy (non-hydrogen) atoms. The minimum atomic E-state index is 0.215. The van der Waals surface area contributed by atoms with Gasteiger partial charge in [-0.1, -0.05) is 6.07 Å². The lowest BCUT2D eigenvalue weighted by molar-refractivity contribution is 0.0900. The standard InChI is InChI=1S/C15H16N2OS/c18-15(10-8-11-4-5-12(9-10)19-11)13-2-1-3-14-16-6-7-17(13)14/h1-3,6-7,10-12H,4-5,8-9H2. The molecule has 0 saturated carbocycles. The second-order valence-corrected chi connectivity index (χ2v) is 7.16. The van der Waals surface area contributed by atoms with Crippen molar-refractivity contribution in [1.29, 1.82) is 0 Å². The highest BCUT2D eigenvalue weighted by Gasteiger charge is 2.38. The van der Waals surface area contributed by atoms with E-state index >= 15 is 0 Å². The lowest BCUT2D eigenvalue weighted by Crippen LogP contribution is -2.26. The molecule has 2 bridgehead atoms. The molecule has 0 N–H and O–H groups in total. The Morgan fingerprint density at radius 3 is 2.84 bits per heavy atom. The minimum Gasteiger partial charge on any atom is -0.297 e. The van der Waals surface area contributed by atoms with E-state index < -0.39 is 0 Å². The van der Waals surface area contributed by atoms with Crippen LogP contribution in [0.5, 0.6) is 0 Å². The molecule has 2 atom stereocenters. The van der Waals surface area contributed by atoms with Crippen molar-refractivity contribution in [2.24, 2.45) is 5.92 Å². The van der Waals surface area contributed by atoms with Gasteiger partial charge in [0.25, 0.3) is 0 Å². The third kappa shape index (κ3) is 1.89. The van der Waals surface area contributed by atoms with Crippen molar-refractivity contribution in [1.82, 2.24) is 9.38 Å². The van der Waals surface area contributed by atoms with Crippen LogP contribution in [0.2, 0.25) is 0 Å². The van der Waals surface area contributed by atoms with E-state index in [-0.39, 0.29) is 5.92 Å². The predicted molar refractivity (Wildman–Crippen MR) is 76.6 cm³/mol. The van der Waals surface area contributed by atoms with E-state index in [2.05, 4.69) is 16.7 Å². The molecule has 0 spiro atoms. The smallest absolute Gasteiger partial charge is 0.182 e. The normalized spacial score (nSPS) is 29.8. The third-order valence-corrected chi connectivity index (χ3v) is 5.97. The zero-order valence-corrected chi connectivity index (χ0v) is 11.5. The summed E-state index contributed by atoms with van der Waals surface area (Å²) in [6.45, 7) is 0. The van der Waals surface area contributed by atoms with Crippen molar-refractivity contribution < 1.29 is 4.79 Å². The van der Waals surface area contributed by atoms with Gasteiger partial charge in [-0.05, 0) is 37.8 Å². The van der Waals surface area contributed by atoms with Gasteiger partial charge in [0.15, 0.2) is 5.78 Å². The number of imidazole rings is 1. The summed E-state index contributed by atoms with van der Waals surface area (Å²) in [4.78, 5) is 17.0. The van der Waals surface area contributed by atoms with Gasteiger partial charge in [0.1, 0.15) is 5.65 Å². The summed E-state index contributed by atoms with van der Waals surface area (Å²) in [6, 6.07) is 5.81. The molecule has 2 aliphatic rings. The Hall–Kier alpha value is -1.29. The summed E-state index contributed by atoms with van der Waals surface area (Å²) < 4.78 is 1.92. The Kier molecular flexibility index (Phi) is 2.65. The number of ketones is 1. The summed E-state index contributed by atoms with van der Waals surface area (Å²) in [7, 11) is 0. The Morgan fingerprint density at radius 1 is 1.26 bits per heavy atom. The van der Waals surface area contributed by atoms with Crippen molar-refractivity contribution in [2.75, 3.05) is 0 Å². The Bertz CT molecular complexity index is 624. The highest BCUT2D eigenvalue weighted by molar-refractivity contribution is 8.00. The maximum Gasteiger partial charge on any atom is 0.182 e. The zero-order chi connectivity index (χ0) is 12.8. The highest BCUT2D eigenvalue weighted by Crippen LogP contribution is 2.46. The molecule has 2 aliphatic heterocycles. The van der Waals surface area contributed by atoms with Crippen LogP contribution in [0.1, 0.15) is 36.2 Å². The van der Waals surface area contributed by atoms with Crippen LogP contribution in [-0.4, -0.2) is 25.7 Å². The molecule has 4 rings (SSSR count). The minimum absolute atomic E-state index is 0.215. The van der Waals surface area contributed by atoms with Gasteiger partial charge in [0.05, 0.1) is 5.69 Å². The molecule has 2 aromatic rings. The lowest BCUT2D eigenvalue weighted by atomic mass is 9.92. The van der Waals surface area contributed by atoms with Gasteiger partial charge in [0.2, 0.25) is 0 Å². The average Bonchev–Trinajstić information content (AvgIpc) is 3.04. The van der Waals surface area contributed by atoms with E-state index in [4.69, 9.17) is 0 Å². The fourth-order valence-electron chi connectivity index (χ4n) is 3.43. The maximum absolute atomic E-state index is 12.8. The van der Waals surface area contributed by atoms with Gasteiger partial charge in [-0.3, -0.25) is 9.20 Å². The van der Waals surface area contributed by atoms with Crippen molar-refractivity contribution >= 4 is 23.2 Å². The quantitative estimate of drug-likeness (QED) is 0.787. The van der Waals surface area contributed by atoms with Crippen LogP contribution in [0.3, 0.4) is 0 Å². The molecule has 2 fully saturated rings. The molecule has 0 aromatic carbocycles. The van der Waals surface area contributed by atoms with Crippen LogP contribution in [-0.2, 0) is 0 Å². The summed E-state index contributed by atoms with van der Waals surface area (Å²) in [5.41, 5.74) is 1.66. The number of carbonyl (C=O) groups excluding carboxylic acids is 1. The number of pyridine rings is 1. The lowest BCUT2D eigenvalue weighted by Gasteiger charge is -2.26. The number of hydrogen-bond acceptors (Lipinski definition) is 3. The van der Waals surface area contributed by atoms with Crippen LogP contribution in [0.25, 0.3) is 5.65 Å². The van der Waals surface area contributed by atoms with Crippen LogP contribution < -0.4 is 0 Å². The molecule has 0 amide bonds. The summed E-state index contributed by atoms with van der Waals surface area (Å²) in [5.74, 6) is 0.521. The predicted octanol–water partition coefficient (Wildman–Crippen LogP) is 3.19. The molecule has 0 aliphatic carbocycles. The van der Waals surface area contributed by atoms with E-state index in [1.807, 2.05) is 28.8 Å². The van der Waals surface area contributed by atoms with E-state index in [9.17, 15) is 4.79 Å². The molecular formula is C15H16N2OS. The number of fused-ring (bicyclic) bond motifs is 3. The third-order valence-electron chi connectivity index (χ3n) is 4.34. The largest absolute Gasteiger partial charge is 0.297 e. The SMILES string of the molecule is O=C(c1cccc2nccn12)C1CC2CCC(C1)S2. The molecule has 98 valence electrons. The van der Waals surface area contributed by atoms with Crippen LogP contribution in [0.4, 0.5) is 0 Å². The summed E-state index contributed by atoms with van der Waals surface area (Å²) >= 11 is 2.10. The van der Waals surface area contributed by atoms with Gasteiger partial charge < -0.3 is 0 Å². The van der Waals surface area contributed by atoms with Gasteiger partial charge in [-0.2, -0.15) is 11.8 Å². The number of carbonyl (C=O) groups is 1. The van der Waals surface area contributed by atoms with Crippen LogP contribution in [0, 0.1) is 5.92 Å². The summed E-state index contributed by atoms with van der Waals surface area (Å²) in [6.07, 6.45) is 8.36. The van der Waals surface area contributed by atoms with E-state index in [0.717, 1.165) is 34.7 Å². The van der Waals surface area contributed by atoms with E-state index in [1.165, 1.54) is 12.8 Å². The Labute approximate surface area is 116 Å². The number of Topliss-reactive ketones (excluding diaryl/α,β-unsaturated/α-hetero) is 1. The second kappa shape index (κ2) is 4.37. The fourth-order valence-corrected chi connectivity index (χ4v) is 5.20. The molecule has 4 heterocycles. The molecule has 2 unspecified atom stereocenters. The fraction of sp³-hybridized carbons (Fsp3) is 0.467. The molecule has 0 radical (unpaired) electrons. The number of hydrogen-bond donors (Lipinski definition) is 0. The van der Waals surface area contributed by atoms with Crippen molar-refractivity contribution in [2.45, 2.75) is 36.2 Å². The molecule has 3 nitrogen and oxygen atoms in total. The van der Waals surface area contributed by atoms with Gasteiger partial charge in [-0.25, -0.2) is 4.98 Å². The number of rotatable bonds is 2. The first-order valence-corrected chi connectivity index (χ1v) is 7.87. The number of aromatic nitrogens is 2. The first kappa shape index (κ1) is 11.5. The highest BCUT2D eigenvalue weighted by atomic mass is 32.2. The molecule has 4 heteroatoms. The molecular weight excluding hydrogens is 256 g/mol. The molecule has 2 saturated heterocycles. The van der Waals surface area contributed by atoms with Gasteiger partial charge in [-0.15, -0.1) is 0 Å². The van der Waals surface area contributed by atoms with Crippen LogP contribution >= 0.6 is 11.8 Å². The number of nitrogens with zero attached hydrogens (tertiary/aromatic N) is 2. The van der Waals surface area contributed by atoms with Crippen molar-refractivity contribution in [3.8, 4) is 0 Å². The number of thioether (sulfide) groups is 1. The van der Waals surface area contributed by atoms with Crippen LogP contribution in [0.15, 0.2) is 30.6 Å². The summed E-state index contributed by atoms with van der Waals surface area (Å²) in [5, 5.41) is 1.43. The van der Waals surface area contributed by atoms with Gasteiger partial charge >= 0.3 is 0 Å². The van der Waals surface area contributed by atoms with Gasteiger partial charge in [0, 0.05) is 28.8 Å². The Morgan fingerprint density at radius 2 is 2.05 bits per heavy atom. The Balaban J connectivity index is 1.68. The first-order valence-electron chi connectivity index (χ1n) is 6.93. The van der Waals surface area contributed by atoms with E-state index in [0.29, 0.717) is 5.78 Å². The molecule has 2 aromatic heterocycles. The van der Waals surface area contributed by atoms with Crippen molar-refractivity contribution in [3.63, 3.8) is 0 Å². The monoisotopic (exact) mass is 272 g/mol. The second-order valence-electron chi connectivity index (χ2n) is 5.56. The first-order chi connectivity index (χ1) is 9.31.